The third-order valence-corrected chi connectivity index (χ3v) is 2.32. The van der Waals surface area contributed by atoms with Crippen LogP contribution in [0.25, 0.3) is 0 Å². The Kier molecular flexibility index (Phi) is 3.99. The molecule has 0 amide bonds. The van der Waals surface area contributed by atoms with Crippen molar-refractivity contribution in [3.05, 3.63) is 24.3 Å². The zero-order valence-electron chi connectivity index (χ0n) is 9.81. The molecule has 1 rings (SSSR count). The third-order valence-electron chi connectivity index (χ3n) is 2.32. The number of para-hydroxylation sites is 2. The lowest BCUT2D eigenvalue weighted by Crippen LogP contribution is -2.33. The summed E-state index contributed by atoms with van der Waals surface area (Å²) in [5, 5.41) is 14.7. The standard InChI is InChI=1S/C11H18N4O/c1-8(11(12)14-16)13-9-6-4-5-7-10(9)15(2)3/h4-8,13,16H,1-3H3,(H2,12,14). The second-order valence-electron chi connectivity index (χ2n) is 3.80. The monoisotopic (exact) mass is 222 g/mol. The second-order valence-corrected chi connectivity index (χ2v) is 3.80. The Hall–Kier alpha value is -1.91. The molecule has 0 bridgehead atoms. The smallest absolute Gasteiger partial charge is 0.161 e. The van der Waals surface area contributed by atoms with E-state index in [0.717, 1.165) is 11.4 Å². The van der Waals surface area contributed by atoms with Crippen molar-refractivity contribution < 1.29 is 5.21 Å². The summed E-state index contributed by atoms with van der Waals surface area (Å²) in [5.41, 5.74) is 7.52. The van der Waals surface area contributed by atoms with E-state index in [1.807, 2.05) is 50.2 Å². The Labute approximate surface area is 95.5 Å². The lowest BCUT2D eigenvalue weighted by molar-refractivity contribution is 0.316. The highest BCUT2D eigenvalue weighted by Gasteiger charge is 2.10. The van der Waals surface area contributed by atoms with Gasteiger partial charge < -0.3 is 21.2 Å². The van der Waals surface area contributed by atoms with E-state index >= 15 is 0 Å². The number of oxime groups is 1. The van der Waals surface area contributed by atoms with E-state index in [4.69, 9.17) is 10.9 Å². The molecule has 88 valence electrons. The summed E-state index contributed by atoms with van der Waals surface area (Å²) in [6.45, 7) is 1.83. The van der Waals surface area contributed by atoms with Crippen molar-refractivity contribution in [1.29, 1.82) is 0 Å². The van der Waals surface area contributed by atoms with Crippen molar-refractivity contribution in [2.45, 2.75) is 13.0 Å². The molecule has 1 atom stereocenters. The Morgan fingerprint density at radius 3 is 2.62 bits per heavy atom. The highest BCUT2D eigenvalue weighted by atomic mass is 16.4. The van der Waals surface area contributed by atoms with Gasteiger partial charge in [0.1, 0.15) is 0 Å². The Morgan fingerprint density at radius 2 is 2.06 bits per heavy atom. The van der Waals surface area contributed by atoms with E-state index in [9.17, 15) is 0 Å². The van der Waals surface area contributed by atoms with E-state index in [1.54, 1.807) is 0 Å². The molecule has 0 aromatic heterocycles. The predicted octanol–water partition coefficient (Wildman–Crippen LogP) is 1.30. The van der Waals surface area contributed by atoms with Crippen LogP contribution in [0.1, 0.15) is 6.92 Å². The number of amidine groups is 1. The molecule has 4 N–H and O–H groups in total. The van der Waals surface area contributed by atoms with Crippen LogP contribution in [-0.4, -0.2) is 31.2 Å². The average molecular weight is 222 g/mol. The van der Waals surface area contributed by atoms with Crippen LogP contribution in [0.3, 0.4) is 0 Å². The molecule has 0 heterocycles. The van der Waals surface area contributed by atoms with Gasteiger partial charge in [-0.1, -0.05) is 17.3 Å². The van der Waals surface area contributed by atoms with Gasteiger partial charge >= 0.3 is 0 Å². The first-order chi connectivity index (χ1) is 7.56. The summed E-state index contributed by atoms with van der Waals surface area (Å²) in [5.74, 6) is 0.161. The molecule has 0 aliphatic carbocycles. The van der Waals surface area contributed by atoms with Gasteiger partial charge in [0.05, 0.1) is 17.4 Å². The number of nitrogens with zero attached hydrogens (tertiary/aromatic N) is 2. The lowest BCUT2D eigenvalue weighted by Gasteiger charge is -2.21. The van der Waals surface area contributed by atoms with Crippen LogP contribution in [0, 0.1) is 0 Å². The quantitative estimate of drug-likeness (QED) is 0.311. The fraction of sp³-hybridized carbons (Fsp3) is 0.364. The summed E-state index contributed by atoms with van der Waals surface area (Å²) in [4.78, 5) is 2.00. The number of hydrogen-bond acceptors (Lipinski definition) is 4. The van der Waals surface area contributed by atoms with Crippen molar-refractivity contribution in [2.75, 3.05) is 24.3 Å². The Balaban J connectivity index is 2.89. The normalized spacial score (nSPS) is 13.3. The van der Waals surface area contributed by atoms with E-state index in [1.165, 1.54) is 0 Å². The highest BCUT2D eigenvalue weighted by molar-refractivity contribution is 5.88. The molecule has 5 heteroatoms. The van der Waals surface area contributed by atoms with Gasteiger partial charge in [-0.15, -0.1) is 0 Å². The minimum Gasteiger partial charge on any atom is -0.409 e. The Bertz CT molecular complexity index is 376. The maximum Gasteiger partial charge on any atom is 0.161 e. The van der Waals surface area contributed by atoms with Crippen molar-refractivity contribution in [3.8, 4) is 0 Å². The highest BCUT2D eigenvalue weighted by Crippen LogP contribution is 2.23. The first kappa shape index (κ1) is 12.2. The average Bonchev–Trinajstić information content (AvgIpc) is 2.28. The molecule has 0 radical (unpaired) electrons. The number of nitrogens with one attached hydrogen (secondary N) is 1. The van der Waals surface area contributed by atoms with Gasteiger partial charge in [-0.2, -0.15) is 0 Å². The first-order valence-corrected chi connectivity index (χ1v) is 5.06. The van der Waals surface area contributed by atoms with Gasteiger partial charge in [-0.25, -0.2) is 0 Å². The Morgan fingerprint density at radius 1 is 1.44 bits per heavy atom. The SMILES string of the molecule is CC(Nc1ccccc1N(C)C)/C(N)=N/O. The molecular formula is C11H18N4O. The second kappa shape index (κ2) is 5.25. The fourth-order valence-electron chi connectivity index (χ4n) is 1.38. The number of hydrogen-bond donors (Lipinski definition) is 3. The van der Waals surface area contributed by atoms with Crippen molar-refractivity contribution >= 4 is 17.2 Å². The van der Waals surface area contributed by atoms with Crippen molar-refractivity contribution in [3.63, 3.8) is 0 Å². The maximum atomic E-state index is 8.57. The van der Waals surface area contributed by atoms with Crippen LogP contribution in [0.15, 0.2) is 29.4 Å². The molecule has 0 aliphatic rings. The molecule has 0 aliphatic heterocycles. The van der Waals surface area contributed by atoms with Gasteiger partial charge in [0.25, 0.3) is 0 Å². The van der Waals surface area contributed by atoms with Gasteiger partial charge in [0.15, 0.2) is 5.84 Å². The van der Waals surface area contributed by atoms with Crippen molar-refractivity contribution in [1.82, 2.24) is 0 Å². The van der Waals surface area contributed by atoms with Crippen LogP contribution >= 0.6 is 0 Å². The van der Waals surface area contributed by atoms with E-state index in [2.05, 4.69) is 10.5 Å². The van der Waals surface area contributed by atoms with Crippen LogP contribution in [0.5, 0.6) is 0 Å². The van der Waals surface area contributed by atoms with E-state index in [0.29, 0.717) is 0 Å². The number of rotatable bonds is 4. The van der Waals surface area contributed by atoms with Gasteiger partial charge in [-0.3, -0.25) is 0 Å². The number of nitrogens with two attached hydrogens (primary N) is 1. The summed E-state index contributed by atoms with van der Waals surface area (Å²) in [6.07, 6.45) is 0. The van der Waals surface area contributed by atoms with Gasteiger partial charge in [0.2, 0.25) is 0 Å². The molecule has 16 heavy (non-hydrogen) atoms. The molecule has 5 nitrogen and oxygen atoms in total. The van der Waals surface area contributed by atoms with Gasteiger partial charge in [-0.05, 0) is 19.1 Å². The fourth-order valence-corrected chi connectivity index (χ4v) is 1.38. The van der Waals surface area contributed by atoms with E-state index < -0.39 is 0 Å². The zero-order valence-corrected chi connectivity index (χ0v) is 9.81. The molecule has 0 fully saturated rings. The van der Waals surface area contributed by atoms with Crippen LogP contribution in [-0.2, 0) is 0 Å². The predicted molar refractivity (Wildman–Crippen MR) is 67.3 cm³/mol. The molecule has 0 saturated heterocycles. The van der Waals surface area contributed by atoms with Gasteiger partial charge in [0, 0.05) is 14.1 Å². The molecule has 1 unspecified atom stereocenters. The van der Waals surface area contributed by atoms with E-state index in [-0.39, 0.29) is 11.9 Å². The molecule has 1 aromatic carbocycles. The largest absolute Gasteiger partial charge is 0.409 e. The topological polar surface area (TPSA) is 73.9 Å². The lowest BCUT2D eigenvalue weighted by atomic mass is 10.2. The molecular weight excluding hydrogens is 204 g/mol. The summed E-state index contributed by atoms with van der Waals surface area (Å²) in [7, 11) is 3.93. The zero-order chi connectivity index (χ0) is 12.1. The maximum absolute atomic E-state index is 8.57. The van der Waals surface area contributed by atoms with Crippen molar-refractivity contribution in [2.24, 2.45) is 10.9 Å². The third kappa shape index (κ3) is 2.79. The first-order valence-electron chi connectivity index (χ1n) is 5.06. The number of benzene rings is 1. The summed E-state index contributed by atoms with van der Waals surface area (Å²) < 4.78 is 0. The van der Waals surface area contributed by atoms with Crippen LogP contribution in [0.2, 0.25) is 0 Å². The molecule has 0 spiro atoms. The summed E-state index contributed by atoms with van der Waals surface area (Å²) in [6, 6.07) is 7.65. The minimum absolute atomic E-state index is 0.161. The summed E-state index contributed by atoms with van der Waals surface area (Å²) >= 11 is 0. The molecule has 0 saturated carbocycles. The van der Waals surface area contributed by atoms with Crippen LogP contribution < -0.4 is 16.0 Å². The molecule has 1 aromatic rings. The van der Waals surface area contributed by atoms with Crippen LogP contribution in [0.4, 0.5) is 11.4 Å². The number of anilines is 2. The minimum atomic E-state index is -0.217.